The number of rotatable bonds is 14. The van der Waals surface area contributed by atoms with Crippen molar-refractivity contribution in [2.24, 2.45) is 23.7 Å². The molecule has 17 heteroatoms. The van der Waals surface area contributed by atoms with Crippen molar-refractivity contribution < 1.29 is 52.7 Å². The lowest BCUT2D eigenvalue weighted by molar-refractivity contribution is -0.302. The first kappa shape index (κ1) is 50.9. The molecule has 66 heavy (non-hydrogen) atoms. The summed E-state index contributed by atoms with van der Waals surface area (Å²) >= 11 is 0. The average molecular weight is 921 g/mol. The molecular formula is C49H72N6O11. The number of amides is 1. The highest BCUT2D eigenvalue weighted by atomic mass is 16.7. The molecule has 17 nitrogen and oxygen atoms in total. The first-order chi connectivity index (χ1) is 31.4. The highest BCUT2D eigenvalue weighted by Crippen LogP contribution is 2.44. The Kier molecular flexibility index (Phi) is 16.6. The summed E-state index contributed by atoms with van der Waals surface area (Å²) in [5, 5.41) is 20.4. The molecule has 5 heterocycles. The number of aliphatic hydroxyl groups is 1. The van der Waals surface area contributed by atoms with E-state index in [1.54, 1.807) is 57.1 Å². The van der Waals surface area contributed by atoms with Crippen LogP contribution in [0.5, 0.6) is 0 Å². The largest absolute Gasteiger partial charge is 0.461 e. The first-order valence-electron chi connectivity index (χ1n) is 23.7. The number of hydrogen-bond donors (Lipinski definition) is 1. The van der Waals surface area contributed by atoms with Crippen molar-refractivity contribution in [3.63, 3.8) is 0 Å². The number of carbonyl (C=O) groups is 4. The number of cyclic esters (lactones) is 1. The minimum atomic E-state index is -1.44. The number of methoxy groups -OCH3 is 1. The van der Waals surface area contributed by atoms with E-state index in [0.717, 1.165) is 11.0 Å². The lowest BCUT2D eigenvalue weighted by atomic mass is 9.73. The lowest BCUT2D eigenvalue weighted by Gasteiger charge is -2.48. The van der Waals surface area contributed by atoms with E-state index in [9.17, 15) is 19.5 Å². The number of esters is 2. The maximum absolute atomic E-state index is 15.0. The van der Waals surface area contributed by atoms with E-state index >= 15 is 4.79 Å². The molecule has 3 aliphatic rings. The molecule has 3 aliphatic heterocycles. The number of likely N-dealkylation sites (N-methyl/N-ethyl adjacent to an activating group) is 1. The summed E-state index contributed by atoms with van der Waals surface area (Å²) in [6.45, 7) is 17.9. The molecule has 14 atom stereocenters. The molecule has 0 bridgehead atoms. The molecule has 3 fully saturated rings. The number of hydrogen-bond acceptors (Lipinski definition) is 15. The predicted octanol–water partition coefficient (Wildman–Crippen LogP) is 5.79. The topological polar surface area (TPSA) is 194 Å². The number of benzene rings is 1. The molecule has 1 N–H and O–H groups in total. The van der Waals surface area contributed by atoms with Crippen LogP contribution in [0.15, 0.2) is 48.8 Å². The van der Waals surface area contributed by atoms with Crippen LogP contribution in [0, 0.1) is 23.7 Å². The highest BCUT2D eigenvalue weighted by Gasteiger charge is 2.60. The van der Waals surface area contributed by atoms with E-state index in [1.807, 2.05) is 75.5 Å². The van der Waals surface area contributed by atoms with Crippen LogP contribution in [0.4, 0.5) is 4.79 Å². The number of para-hydroxylation sites is 1. The van der Waals surface area contributed by atoms with Gasteiger partial charge in [-0.2, -0.15) is 0 Å². The smallest absolute Gasteiger partial charge is 0.410 e. The molecule has 0 spiro atoms. The number of ether oxygens (including phenoxy) is 6. The number of aryl methyl sites for hydroxylation is 1. The number of unbranched alkanes of at least 4 members (excludes halogenated alkanes) is 1. The second-order valence-electron chi connectivity index (χ2n) is 19.2. The minimum absolute atomic E-state index is 0.120. The monoisotopic (exact) mass is 921 g/mol. The molecule has 0 saturated carbocycles. The van der Waals surface area contributed by atoms with E-state index in [-0.39, 0.29) is 43.7 Å². The summed E-state index contributed by atoms with van der Waals surface area (Å²) in [4.78, 5) is 65.6. The number of pyridine rings is 1. The summed E-state index contributed by atoms with van der Waals surface area (Å²) in [5.74, 6) is -4.82. The summed E-state index contributed by atoms with van der Waals surface area (Å²) in [7, 11) is 3.46. The third-order valence-corrected chi connectivity index (χ3v) is 14.5. The molecular weight excluding hydrogens is 849 g/mol. The standard InChI is InChI=1S/C49H72N6O11/c1-12-38-49(9)43(54(47(60)66-49)23-16-17-24-55-36-21-15-14-20-35(36)51-52-55)31(5)40(57)29(3)27-48(8,61-11)44(65-46-41(58)37(53(10)13-2)25-30(4)62-46)32(6)42(33(7)45(59)63-38)64-39(56)26-34-19-18-22-50-28-34/h14-15,18-22,28-33,37-38,41-44,46,58H,12-13,16-17,23-27H2,1-11H3/t29-,30+,31+,32+,33-,37-,38-,41+,42+,43-,44-,46-,48-,49-/m1/s1. The van der Waals surface area contributed by atoms with Crippen LogP contribution in [-0.2, 0) is 55.8 Å². The number of ketones is 1. The fourth-order valence-electron chi connectivity index (χ4n) is 10.7. The van der Waals surface area contributed by atoms with Gasteiger partial charge in [0.25, 0.3) is 0 Å². The van der Waals surface area contributed by atoms with E-state index in [1.165, 1.54) is 7.11 Å². The van der Waals surface area contributed by atoms with Crippen LogP contribution >= 0.6 is 0 Å². The second-order valence-corrected chi connectivity index (χ2v) is 19.2. The van der Waals surface area contributed by atoms with Crippen LogP contribution in [0.2, 0.25) is 0 Å². The van der Waals surface area contributed by atoms with Gasteiger partial charge in [0.2, 0.25) is 0 Å². The van der Waals surface area contributed by atoms with E-state index < -0.39 is 89.7 Å². The number of nitrogens with zero attached hydrogens (tertiary/aromatic N) is 6. The minimum Gasteiger partial charge on any atom is -0.461 e. The molecule has 364 valence electrons. The van der Waals surface area contributed by atoms with Crippen LogP contribution < -0.4 is 0 Å². The van der Waals surface area contributed by atoms with Gasteiger partial charge in [0.15, 0.2) is 11.9 Å². The maximum atomic E-state index is 15.0. The summed E-state index contributed by atoms with van der Waals surface area (Å²) in [6.07, 6.45) is -1.09. The number of aliphatic hydroxyl groups excluding tert-OH is 1. The van der Waals surface area contributed by atoms with Crippen LogP contribution in [-0.4, -0.2) is 146 Å². The number of fused-ring (bicyclic) bond motifs is 2. The van der Waals surface area contributed by atoms with Gasteiger partial charge in [0.05, 0.1) is 41.7 Å². The van der Waals surface area contributed by atoms with Crippen molar-refractivity contribution in [3.05, 3.63) is 54.4 Å². The van der Waals surface area contributed by atoms with Crippen molar-refractivity contribution in [1.82, 2.24) is 29.8 Å². The van der Waals surface area contributed by atoms with E-state index in [4.69, 9.17) is 28.4 Å². The number of carbonyl (C=O) groups excluding carboxylic acids is 4. The highest BCUT2D eigenvalue weighted by molar-refractivity contribution is 5.85. The summed E-state index contributed by atoms with van der Waals surface area (Å²) in [6, 6.07) is 10.1. The van der Waals surface area contributed by atoms with Crippen molar-refractivity contribution in [1.29, 1.82) is 0 Å². The molecule has 2 aromatic heterocycles. The maximum Gasteiger partial charge on any atom is 0.410 e. The molecule has 3 aromatic rings. The van der Waals surface area contributed by atoms with Gasteiger partial charge < -0.3 is 43.3 Å². The van der Waals surface area contributed by atoms with E-state index in [2.05, 4.69) is 15.3 Å². The van der Waals surface area contributed by atoms with Gasteiger partial charge in [-0.05, 0) is 97.2 Å². The van der Waals surface area contributed by atoms with Crippen molar-refractivity contribution >= 4 is 34.8 Å². The second kappa shape index (κ2) is 21.6. The predicted molar refractivity (Wildman–Crippen MR) is 244 cm³/mol. The van der Waals surface area contributed by atoms with Gasteiger partial charge in [0, 0.05) is 56.4 Å². The number of aromatic nitrogens is 4. The van der Waals surface area contributed by atoms with Gasteiger partial charge in [0.1, 0.15) is 29.6 Å². The Balaban J connectivity index is 1.37. The SMILES string of the molecule is CC[C@H]1OC(=O)[C@H](C)[C@@H](OC(=O)Cc2cccnc2)[C@H](C)[C@@H](O[C@H]2O[C@@H](C)C[C@@H](N(C)CC)[C@@H]2O)[C@](C)(OC)C[C@@H](C)C(=O)[C@H](C)[C@H]2N(CCCCn3nnc4ccccc43)C(=O)O[C@]12C. The molecule has 6 rings (SSSR count). The summed E-state index contributed by atoms with van der Waals surface area (Å²) < 4.78 is 40.5. The third-order valence-electron chi connectivity index (χ3n) is 14.5. The molecule has 0 unspecified atom stereocenters. The van der Waals surface area contributed by atoms with Crippen molar-refractivity contribution in [3.8, 4) is 0 Å². The summed E-state index contributed by atoms with van der Waals surface area (Å²) in [5.41, 5.74) is -0.419. The normalized spacial score (nSPS) is 34.7. The molecule has 0 radical (unpaired) electrons. The first-order valence-corrected chi connectivity index (χ1v) is 23.7. The molecule has 1 aromatic carbocycles. The van der Waals surface area contributed by atoms with Crippen molar-refractivity contribution in [2.75, 3.05) is 27.2 Å². The molecule has 1 amide bonds. The Morgan fingerprint density at radius 1 is 1.00 bits per heavy atom. The van der Waals surface area contributed by atoms with Crippen LogP contribution in [0.1, 0.15) is 100.0 Å². The van der Waals surface area contributed by atoms with Crippen LogP contribution in [0.3, 0.4) is 0 Å². The lowest BCUT2D eigenvalue weighted by Crippen LogP contribution is -2.61. The van der Waals surface area contributed by atoms with Gasteiger partial charge in [-0.15, -0.1) is 5.10 Å². The van der Waals surface area contributed by atoms with Crippen molar-refractivity contribution in [2.45, 2.75) is 167 Å². The zero-order valence-corrected chi connectivity index (χ0v) is 40.6. The Bertz CT molecular complexity index is 2120. The Hall–Kier alpha value is -4.55. The van der Waals surface area contributed by atoms with Gasteiger partial charge >= 0.3 is 18.0 Å². The quantitative estimate of drug-likeness (QED) is 0.116. The number of Topliss-reactive ketones (excluding diaryl/α,β-unsaturated/α-hetero) is 1. The van der Waals surface area contributed by atoms with E-state index in [0.29, 0.717) is 37.9 Å². The molecule has 0 aliphatic carbocycles. The Morgan fingerprint density at radius 2 is 1.73 bits per heavy atom. The fraction of sp³-hybridized carbons (Fsp3) is 0.694. The van der Waals surface area contributed by atoms with Gasteiger partial charge in [-0.1, -0.05) is 58.0 Å². The third kappa shape index (κ3) is 10.8. The Morgan fingerprint density at radius 3 is 2.41 bits per heavy atom. The van der Waals surface area contributed by atoms with Gasteiger partial charge in [-0.25, -0.2) is 9.48 Å². The van der Waals surface area contributed by atoms with Crippen LogP contribution in [0.25, 0.3) is 11.0 Å². The molecule has 3 saturated heterocycles. The average Bonchev–Trinajstić information content (AvgIpc) is 3.83. The fourth-order valence-corrected chi connectivity index (χ4v) is 10.7. The Labute approximate surface area is 389 Å². The zero-order chi connectivity index (χ0) is 48.1. The van der Waals surface area contributed by atoms with Gasteiger partial charge in [-0.3, -0.25) is 19.4 Å². The zero-order valence-electron chi connectivity index (χ0n) is 40.6.